The standard InChI is InChI=1S/C18H16ClNOS/c19-14-7-8-17-15(12-14)16(10-11-22-17)20-18(21)9-6-13-4-2-1-3-5-13/h1-9,12,16H,10-11H2,(H,20,21)/b9-6+. The molecule has 2 nitrogen and oxygen atoms in total. The van der Waals surface area contributed by atoms with Crippen molar-refractivity contribution in [2.24, 2.45) is 0 Å². The van der Waals surface area contributed by atoms with Crippen LogP contribution in [-0.2, 0) is 4.79 Å². The summed E-state index contributed by atoms with van der Waals surface area (Å²) in [5, 5.41) is 3.78. The minimum atomic E-state index is -0.0771. The lowest BCUT2D eigenvalue weighted by Crippen LogP contribution is -2.29. The van der Waals surface area contributed by atoms with Gasteiger partial charge in [-0.05, 0) is 41.8 Å². The lowest BCUT2D eigenvalue weighted by molar-refractivity contribution is -0.117. The van der Waals surface area contributed by atoms with Gasteiger partial charge in [-0.2, -0.15) is 0 Å². The quantitative estimate of drug-likeness (QED) is 0.826. The van der Waals surface area contributed by atoms with E-state index in [2.05, 4.69) is 5.32 Å². The third-order valence-corrected chi connectivity index (χ3v) is 4.91. The Labute approximate surface area is 139 Å². The van der Waals surface area contributed by atoms with Crippen LogP contribution in [0.3, 0.4) is 0 Å². The maximum absolute atomic E-state index is 12.1. The number of thioether (sulfide) groups is 1. The van der Waals surface area contributed by atoms with Crippen LogP contribution in [-0.4, -0.2) is 11.7 Å². The molecule has 2 aromatic rings. The van der Waals surface area contributed by atoms with Gasteiger partial charge in [-0.25, -0.2) is 0 Å². The first-order valence-electron chi connectivity index (χ1n) is 7.18. The van der Waals surface area contributed by atoms with Gasteiger partial charge in [-0.3, -0.25) is 4.79 Å². The Kier molecular flexibility index (Phi) is 4.86. The number of amides is 1. The lowest BCUT2D eigenvalue weighted by atomic mass is 10.0. The number of fused-ring (bicyclic) bond motifs is 1. The normalized spacial score (nSPS) is 17.2. The van der Waals surface area contributed by atoms with Gasteiger partial charge in [0.05, 0.1) is 6.04 Å². The van der Waals surface area contributed by atoms with Gasteiger partial charge in [0.1, 0.15) is 0 Å². The maximum atomic E-state index is 12.1. The topological polar surface area (TPSA) is 29.1 Å². The molecule has 0 saturated carbocycles. The molecule has 1 amide bonds. The minimum Gasteiger partial charge on any atom is -0.346 e. The van der Waals surface area contributed by atoms with E-state index in [1.807, 2.05) is 66.4 Å². The molecule has 1 N–H and O–H groups in total. The van der Waals surface area contributed by atoms with E-state index in [0.29, 0.717) is 5.02 Å². The van der Waals surface area contributed by atoms with Crippen molar-refractivity contribution in [1.82, 2.24) is 5.32 Å². The number of rotatable bonds is 3. The molecule has 2 aromatic carbocycles. The van der Waals surface area contributed by atoms with E-state index in [1.54, 1.807) is 6.08 Å². The summed E-state index contributed by atoms with van der Waals surface area (Å²) in [6.07, 6.45) is 4.33. The summed E-state index contributed by atoms with van der Waals surface area (Å²) < 4.78 is 0. The van der Waals surface area contributed by atoms with Crippen molar-refractivity contribution in [3.63, 3.8) is 0 Å². The molecule has 1 unspecified atom stereocenters. The molecule has 112 valence electrons. The molecule has 0 saturated heterocycles. The highest BCUT2D eigenvalue weighted by atomic mass is 35.5. The summed E-state index contributed by atoms with van der Waals surface area (Å²) in [7, 11) is 0. The summed E-state index contributed by atoms with van der Waals surface area (Å²) in [4.78, 5) is 13.3. The Hall–Kier alpha value is -1.71. The zero-order valence-corrected chi connectivity index (χ0v) is 13.5. The zero-order chi connectivity index (χ0) is 15.4. The van der Waals surface area contributed by atoms with Crippen LogP contribution in [0.5, 0.6) is 0 Å². The van der Waals surface area contributed by atoms with Crippen LogP contribution in [0.25, 0.3) is 6.08 Å². The average molecular weight is 330 g/mol. The number of benzene rings is 2. The molecule has 1 atom stereocenters. The van der Waals surface area contributed by atoms with Gasteiger partial charge >= 0.3 is 0 Å². The van der Waals surface area contributed by atoms with Crippen LogP contribution < -0.4 is 5.32 Å². The van der Waals surface area contributed by atoms with Crippen LogP contribution in [0, 0.1) is 0 Å². The summed E-state index contributed by atoms with van der Waals surface area (Å²) >= 11 is 7.89. The molecule has 0 aromatic heterocycles. The third kappa shape index (κ3) is 3.73. The Balaban J connectivity index is 1.70. The predicted octanol–water partition coefficient (Wildman–Crippen LogP) is 4.71. The fourth-order valence-corrected chi connectivity index (χ4v) is 3.76. The molecule has 0 fully saturated rings. The highest BCUT2D eigenvalue weighted by Gasteiger charge is 2.21. The van der Waals surface area contributed by atoms with Gasteiger partial charge in [0, 0.05) is 21.7 Å². The smallest absolute Gasteiger partial charge is 0.244 e. The number of halogens is 1. The second kappa shape index (κ2) is 7.03. The van der Waals surface area contributed by atoms with Crippen LogP contribution in [0.15, 0.2) is 59.5 Å². The van der Waals surface area contributed by atoms with Crippen molar-refractivity contribution in [2.75, 3.05) is 5.75 Å². The van der Waals surface area contributed by atoms with Gasteiger partial charge in [0.25, 0.3) is 0 Å². The number of carbonyl (C=O) groups excluding carboxylic acids is 1. The van der Waals surface area contributed by atoms with Crippen LogP contribution >= 0.6 is 23.4 Å². The molecule has 0 aliphatic carbocycles. The minimum absolute atomic E-state index is 0.0304. The first kappa shape index (κ1) is 15.2. The molecule has 1 aliphatic rings. The molecular formula is C18H16ClNOS. The molecule has 0 spiro atoms. The fourth-order valence-electron chi connectivity index (χ4n) is 2.47. The molecule has 3 rings (SSSR count). The van der Waals surface area contributed by atoms with E-state index in [9.17, 15) is 4.79 Å². The SMILES string of the molecule is O=C(/C=C/c1ccccc1)NC1CCSc2ccc(Cl)cc21. The zero-order valence-electron chi connectivity index (χ0n) is 12.0. The van der Waals surface area contributed by atoms with E-state index < -0.39 is 0 Å². The van der Waals surface area contributed by atoms with Crippen molar-refractivity contribution < 1.29 is 4.79 Å². The highest BCUT2D eigenvalue weighted by Crippen LogP contribution is 2.37. The van der Waals surface area contributed by atoms with E-state index in [1.165, 1.54) is 4.90 Å². The second-order valence-corrected chi connectivity index (χ2v) is 6.70. The third-order valence-electron chi connectivity index (χ3n) is 3.55. The largest absolute Gasteiger partial charge is 0.346 e. The number of hydrogen-bond donors (Lipinski definition) is 1. The van der Waals surface area contributed by atoms with Crippen LogP contribution in [0.1, 0.15) is 23.6 Å². The van der Waals surface area contributed by atoms with Crippen molar-refractivity contribution in [1.29, 1.82) is 0 Å². The summed E-state index contributed by atoms with van der Waals surface area (Å²) in [5.41, 5.74) is 2.13. The number of hydrogen-bond acceptors (Lipinski definition) is 2. The van der Waals surface area contributed by atoms with Gasteiger partial charge in [-0.1, -0.05) is 41.9 Å². The van der Waals surface area contributed by atoms with Gasteiger partial charge < -0.3 is 5.32 Å². The van der Waals surface area contributed by atoms with E-state index in [4.69, 9.17) is 11.6 Å². The first-order valence-corrected chi connectivity index (χ1v) is 8.54. The summed E-state index contributed by atoms with van der Waals surface area (Å²) in [6.45, 7) is 0. The number of carbonyl (C=O) groups is 1. The molecule has 22 heavy (non-hydrogen) atoms. The molecule has 0 radical (unpaired) electrons. The number of nitrogens with one attached hydrogen (secondary N) is 1. The maximum Gasteiger partial charge on any atom is 0.244 e. The van der Waals surface area contributed by atoms with Crippen molar-refractivity contribution in [3.8, 4) is 0 Å². The Morgan fingerprint density at radius 2 is 2.05 bits per heavy atom. The van der Waals surface area contributed by atoms with Crippen LogP contribution in [0.2, 0.25) is 5.02 Å². The molecule has 1 heterocycles. The average Bonchev–Trinajstić information content (AvgIpc) is 2.54. The van der Waals surface area contributed by atoms with Crippen molar-refractivity contribution in [3.05, 3.63) is 70.8 Å². The Morgan fingerprint density at radius 1 is 1.23 bits per heavy atom. The van der Waals surface area contributed by atoms with Crippen molar-refractivity contribution in [2.45, 2.75) is 17.4 Å². The van der Waals surface area contributed by atoms with Gasteiger partial charge in [-0.15, -0.1) is 11.8 Å². The first-order chi connectivity index (χ1) is 10.7. The second-order valence-electron chi connectivity index (χ2n) is 5.12. The lowest BCUT2D eigenvalue weighted by Gasteiger charge is -2.25. The summed E-state index contributed by atoms with van der Waals surface area (Å²) in [5.74, 6) is 0.925. The molecule has 1 aliphatic heterocycles. The fraction of sp³-hybridized carbons (Fsp3) is 0.167. The molecular weight excluding hydrogens is 314 g/mol. The van der Waals surface area contributed by atoms with Gasteiger partial charge in [0.15, 0.2) is 0 Å². The Bertz CT molecular complexity index is 699. The predicted molar refractivity (Wildman–Crippen MR) is 93.2 cm³/mol. The van der Waals surface area contributed by atoms with E-state index in [-0.39, 0.29) is 11.9 Å². The van der Waals surface area contributed by atoms with Crippen molar-refractivity contribution >= 4 is 35.3 Å². The molecule has 4 heteroatoms. The Morgan fingerprint density at radius 3 is 2.86 bits per heavy atom. The van der Waals surface area contributed by atoms with Gasteiger partial charge in [0.2, 0.25) is 5.91 Å². The highest BCUT2D eigenvalue weighted by molar-refractivity contribution is 7.99. The molecule has 0 bridgehead atoms. The monoisotopic (exact) mass is 329 g/mol. The van der Waals surface area contributed by atoms with Crippen LogP contribution in [0.4, 0.5) is 0 Å². The van der Waals surface area contributed by atoms with E-state index >= 15 is 0 Å². The summed E-state index contributed by atoms with van der Waals surface area (Å²) in [6, 6.07) is 15.7. The van der Waals surface area contributed by atoms with E-state index in [0.717, 1.165) is 23.3 Å².